The van der Waals surface area contributed by atoms with Crippen molar-refractivity contribution in [2.75, 3.05) is 19.7 Å². The molecule has 2 rings (SSSR count). The van der Waals surface area contributed by atoms with Gasteiger partial charge in [0.05, 0.1) is 17.1 Å². The van der Waals surface area contributed by atoms with Gasteiger partial charge in [-0.3, -0.25) is 0 Å². The first-order valence-corrected chi connectivity index (χ1v) is 8.01. The second kappa shape index (κ2) is 6.34. The number of carbonyl (C=O) groups excluding carboxylic acids is 1. The Morgan fingerprint density at radius 1 is 1.40 bits per heavy atom. The standard InChI is InChI=1S/C13H18N2O4S/c1-2-19-13(16)10-3-5-12(6-4-10)20(17,18)15-11-7-8-14-9-11/h3-6,11,14-15H,2,7-9H2,1H3/t11-/m1/s1. The molecule has 0 aromatic heterocycles. The van der Waals surface area contributed by atoms with Crippen molar-refractivity contribution in [2.45, 2.75) is 24.3 Å². The molecule has 0 bridgehead atoms. The van der Waals surface area contributed by atoms with Crippen LogP contribution in [0.15, 0.2) is 29.2 Å². The number of hydrogen-bond donors (Lipinski definition) is 2. The van der Waals surface area contributed by atoms with E-state index in [0.29, 0.717) is 12.1 Å². The Morgan fingerprint density at radius 3 is 2.65 bits per heavy atom. The van der Waals surface area contributed by atoms with Crippen molar-refractivity contribution in [1.82, 2.24) is 10.0 Å². The molecule has 6 nitrogen and oxygen atoms in total. The molecule has 1 aliphatic heterocycles. The van der Waals surface area contributed by atoms with E-state index in [1.807, 2.05) is 0 Å². The van der Waals surface area contributed by atoms with E-state index in [9.17, 15) is 13.2 Å². The summed E-state index contributed by atoms with van der Waals surface area (Å²) in [5, 5.41) is 3.10. The number of sulfonamides is 1. The molecule has 0 saturated carbocycles. The molecule has 1 fully saturated rings. The van der Waals surface area contributed by atoms with Gasteiger partial charge < -0.3 is 10.1 Å². The highest BCUT2D eigenvalue weighted by Crippen LogP contribution is 2.13. The minimum atomic E-state index is -3.54. The van der Waals surface area contributed by atoms with E-state index in [0.717, 1.165) is 13.0 Å². The van der Waals surface area contributed by atoms with Crippen LogP contribution in [0.2, 0.25) is 0 Å². The molecule has 110 valence electrons. The summed E-state index contributed by atoms with van der Waals surface area (Å²) in [5.74, 6) is -0.454. The molecular formula is C13H18N2O4S. The smallest absolute Gasteiger partial charge is 0.338 e. The molecule has 0 radical (unpaired) electrons. The quantitative estimate of drug-likeness (QED) is 0.774. The Kier molecular flexibility index (Phi) is 4.74. The van der Waals surface area contributed by atoms with E-state index in [2.05, 4.69) is 10.0 Å². The summed E-state index contributed by atoms with van der Waals surface area (Å²) in [6.45, 7) is 3.46. The van der Waals surface area contributed by atoms with Crippen molar-refractivity contribution in [2.24, 2.45) is 0 Å². The van der Waals surface area contributed by atoms with Gasteiger partial charge in [-0.15, -0.1) is 0 Å². The molecule has 1 saturated heterocycles. The predicted molar refractivity (Wildman–Crippen MR) is 74.0 cm³/mol. The molecule has 2 N–H and O–H groups in total. The maximum atomic E-state index is 12.1. The number of ether oxygens (including phenoxy) is 1. The highest BCUT2D eigenvalue weighted by atomic mass is 32.2. The molecular weight excluding hydrogens is 280 g/mol. The number of nitrogens with one attached hydrogen (secondary N) is 2. The van der Waals surface area contributed by atoms with Gasteiger partial charge in [-0.05, 0) is 44.2 Å². The fourth-order valence-electron chi connectivity index (χ4n) is 2.03. The number of rotatable bonds is 5. The van der Waals surface area contributed by atoms with Crippen LogP contribution in [0.3, 0.4) is 0 Å². The minimum absolute atomic E-state index is 0.0790. The van der Waals surface area contributed by atoms with Crippen LogP contribution >= 0.6 is 0 Å². The van der Waals surface area contributed by atoms with Crippen LogP contribution < -0.4 is 10.0 Å². The molecule has 1 aromatic rings. The van der Waals surface area contributed by atoms with E-state index >= 15 is 0 Å². The zero-order chi connectivity index (χ0) is 14.6. The molecule has 1 heterocycles. The first kappa shape index (κ1) is 15.0. The summed E-state index contributed by atoms with van der Waals surface area (Å²) in [6, 6.07) is 5.66. The average molecular weight is 298 g/mol. The average Bonchev–Trinajstić information content (AvgIpc) is 2.91. The van der Waals surface area contributed by atoms with Gasteiger partial charge in [0.15, 0.2) is 0 Å². The van der Waals surface area contributed by atoms with Crippen molar-refractivity contribution in [3.8, 4) is 0 Å². The molecule has 1 aliphatic rings. The monoisotopic (exact) mass is 298 g/mol. The zero-order valence-corrected chi connectivity index (χ0v) is 12.1. The topological polar surface area (TPSA) is 84.5 Å². The van der Waals surface area contributed by atoms with Gasteiger partial charge in [-0.25, -0.2) is 17.9 Å². The predicted octanol–water partition coefficient (Wildman–Crippen LogP) is 0.504. The van der Waals surface area contributed by atoms with Gasteiger partial charge in [0.25, 0.3) is 0 Å². The minimum Gasteiger partial charge on any atom is -0.462 e. The summed E-state index contributed by atoms with van der Waals surface area (Å²) in [6.07, 6.45) is 0.778. The van der Waals surface area contributed by atoms with E-state index in [1.165, 1.54) is 24.3 Å². The van der Waals surface area contributed by atoms with E-state index in [-0.39, 0.29) is 17.5 Å². The van der Waals surface area contributed by atoms with Gasteiger partial charge in [0.2, 0.25) is 10.0 Å². The van der Waals surface area contributed by atoms with Crippen LogP contribution in [0.4, 0.5) is 0 Å². The molecule has 0 aliphatic carbocycles. The number of hydrogen-bond acceptors (Lipinski definition) is 5. The van der Waals surface area contributed by atoms with Crippen molar-refractivity contribution in [3.05, 3.63) is 29.8 Å². The van der Waals surface area contributed by atoms with Gasteiger partial charge in [0.1, 0.15) is 0 Å². The highest BCUT2D eigenvalue weighted by molar-refractivity contribution is 7.89. The van der Waals surface area contributed by atoms with E-state index in [4.69, 9.17) is 4.74 Å². The molecule has 0 spiro atoms. The summed E-state index contributed by atoms with van der Waals surface area (Å²) < 4.78 is 31.8. The Bertz CT molecular complexity index is 563. The maximum Gasteiger partial charge on any atom is 0.338 e. The lowest BCUT2D eigenvalue weighted by molar-refractivity contribution is 0.0526. The van der Waals surface area contributed by atoms with Crippen LogP contribution in [0.25, 0.3) is 0 Å². The summed E-state index contributed by atoms with van der Waals surface area (Å²) >= 11 is 0. The molecule has 0 amide bonds. The Balaban J connectivity index is 2.10. The molecule has 20 heavy (non-hydrogen) atoms. The van der Waals surface area contributed by atoms with Crippen LogP contribution in [-0.4, -0.2) is 40.1 Å². The fourth-order valence-corrected chi connectivity index (χ4v) is 3.30. The lowest BCUT2D eigenvalue weighted by Gasteiger charge is -2.12. The van der Waals surface area contributed by atoms with E-state index < -0.39 is 16.0 Å². The molecule has 7 heteroatoms. The summed E-state index contributed by atoms with van der Waals surface area (Å²) in [5.41, 5.74) is 0.341. The number of carbonyl (C=O) groups is 1. The third-order valence-electron chi connectivity index (χ3n) is 3.06. The number of benzene rings is 1. The second-order valence-corrected chi connectivity index (χ2v) is 6.27. The summed E-state index contributed by atoms with van der Waals surface area (Å²) in [7, 11) is -3.54. The lowest BCUT2D eigenvalue weighted by atomic mass is 10.2. The first-order valence-electron chi connectivity index (χ1n) is 6.53. The molecule has 0 unspecified atom stereocenters. The van der Waals surface area contributed by atoms with Crippen molar-refractivity contribution in [3.63, 3.8) is 0 Å². The third kappa shape index (κ3) is 3.56. The van der Waals surface area contributed by atoms with Crippen LogP contribution in [-0.2, 0) is 14.8 Å². The normalized spacial score (nSPS) is 18.9. The summed E-state index contributed by atoms with van der Waals surface area (Å²) in [4.78, 5) is 11.6. The third-order valence-corrected chi connectivity index (χ3v) is 4.59. The van der Waals surface area contributed by atoms with Crippen LogP contribution in [0.5, 0.6) is 0 Å². The fraction of sp³-hybridized carbons (Fsp3) is 0.462. The second-order valence-electron chi connectivity index (χ2n) is 4.56. The lowest BCUT2D eigenvalue weighted by Crippen LogP contribution is -2.36. The highest BCUT2D eigenvalue weighted by Gasteiger charge is 2.22. The van der Waals surface area contributed by atoms with Crippen molar-refractivity contribution in [1.29, 1.82) is 0 Å². The largest absolute Gasteiger partial charge is 0.462 e. The Labute approximate surface area is 118 Å². The van der Waals surface area contributed by atoms with Crippen molar-refractivity contribution < 1.29 is 17.9 Å². The first-order chi connectivity index (χ1) is 9.53. The van der Waals surface area contributed by atoms with Crippen molar-refractivity contribution >= 4 is 16.0 Å². The van der Waals surface area contributed by atoms with E-state index in [1.54, 1.807) is 6.92 Å². The van der Waals surface area contributed by atoms with Crippen LogP contribution in [0, 0.1) is 0 Å². The Morgan fingerprint density at radius 2 is 2.10 bits per heavy atom. The Hall–Kier alpha value is -1.44. The van der Waals surface area contributed by atoms with Gasteiger partial charge in [-0.2, -0.15) is 0 Å². The SMILES string of the molecule is CCOC(=O)c1ccc(S(=O)(=O)N[C@@H]2CCNC2)cc1. The zero-order valence-electron chi connectivity index (χ0n) is 11.3. The maximum absolute atomic E-state index is 12.1. The molecule has 1 atom stereocenters. The molecule has 1 aromatic carbocycles. The van der Waals surface area contributed by atoms with Gasteiger partial charge in [0, 0.05) is 12.6 Å². The van der Waals surface area contributed by atoms with Gasteiger partial charge in [-0.1, -0.05) is 0 Å². The van der Waals surface area contributed by atoms with Gasteiger partial charge >= 0.3 is 5.97 Å². The van der Waals surface area contributed by atoms with Crippen LogP contribution in [0.1, 0.15) is 23.7 Å². The number of esters is 1.